The summed E-state index contributed by atoms with van der Waals surface area (Å²) < 4.78 is 22.5. The minimum Gasteiger partial charge on any atom is -0.366 e. The molecule has 3 rings (SSSR count). The standard InChI is InChI=1S/C13H19ClN4O2S/c14-12-7-11(21(15,19)20)8-16-13(12)17-9-3-5-18(6-4-9)10-1-2-10/h7-10H,1-6H2,(H,16,17)(H2,15,19,20). The Bertz CT molecular complexity index is 625. The molecule has 1 aromatic heterocycles. The Morgan fingerprint density at radius 1 is 1.29 bits per heavy atom. The van der Waals surface area contributed by atoms with Crippen LogP contribution in [0, 0.1) is 0 Å². The molecule has 0 bridgehead atoms. The SMILES string of the molecule is NS(=O)(=O)c1cnc(NC2CCN(C3CC3)CC2)c(Cl)c1. The van der Waals surface area contributed by atoms with Gasteiger partial charge in [-0.25, -0.2) is 18.5 Å². The van der Waals surface area contributed by atoms with Crippen molar-refractivity contribution in [3.05, 3.63) is 17.3 Å². The summed E-state index contributed by atoms with van der Waals surface area (Å²) in [4.78, 5) is 6.56. The monoisotopic (exact) mass is 330 g/mol. The lowest BCUT2D eigenvalue weighted by molar-refractivity contribution is 0.210. The Labute approximate surface area is 129 Å². The number of nitrogens with one attached hydrogen (secondary N) is 1. The van der Waals surface area contributed by atoms with E-state index in [1.165, 1.54) is 25.1 Å². The van der Waals surface area contributed by atoms with E-state index >= 15 is 0 Å². The fourth-order valence-corrected chi connectivity index (χ4v) is 3.49. The molecule has 0 spiro atoms. The molecule has 8 heteroatoms. The molecule has 3 N–H and O–H groups in total. The summed E-state index contributed by atoms with van der Waals surface area (Å²) in [7, 11) is -3.77. The Kier molecular flexibility index (Phi) is 4.09. The number of nitrogens with two attached hydrogens (primary N) is 1. The zero-order valence-electron chi connectivity index (χ0n) is 11.6. The molecule has 2 heterocycles. The van der Waals surface area contributed by atoms with E-state index in [1.807, 2.05) is 0 Å². The summed E-state index contributed by atoms with van der Waals surface area (Å²) in [6, 6.07) is 2.47. The molecule has 1 aliphatic heterocycles. The third kappa shape index (κ3) is 3.66. The van der Waals surface area contributed by atoms with Gasteiger partial charge in [-0.1, -0.05) is 11.6 Å². The van der Waals surface area contributed by atoms with Crippen LogP contribution in [0.15, 0.2) is 17.2 Å². The summed E-state index contributed by atoms with van der Waals surface area (Å²) in [6.07, 6.45) is 6.00. The summed E-state index contributed by atoms with van der Waals surface area (Å²) >= 11 is 6.09. The molecule has 2 aliphatic rings. The molecule has 0 atom stereocenters. The quantitative estimate of drug-likeness (QED) is 0.871. The fraction of sp³-hybridized carbons (Fsp3) is 0.615. The number of pyridine rings is 1. The molecule has 2 fully saturated rings. The van der Waals surface area contributed by atoms with E-state index < -0.39 is 10.0 Å². The van der Waals surface area contributed by atoms with Crippen molar-refractivity contribution in [1.82, 2.24) is 9.88 Å². The van der Waals surface area contributed by atoms with Crippen molar-refractivity contribution in [3.63, 3.8) is 0 Å². The largest absolute Gasteiger partial charge is 0.366 e. The molecule has 1 saturated carbocycles. The number of piperidine rings is 1. The van der Waals surface area contributed by atoms with Crippen LogP contribution in [0.3, 0.4) is 0 Å². The van der Waals surface area contributed by atoms with E-state index in [4.69, 9.17) is 16.7 Å². The van der Waals surface area contributed by atoms with Crippen molar-refractivity contribution in [2.24, 2.45) is 5.14 Å². The van der Waals surface area contributed by atoms with E-state index in [9.17, 15) is 8.42 Å². The number of halogens is 1. The van der Waals surface area contributed by atoms with Crippen molar-refractivity contribution < 1.29 is 8.42 Å². The van der Waals surface area contributed by atoms with Crippen molar-refractivity contribution in [2.45, 2.75) is 42.7 Å². The summed E-state index contributed by atoms with van der Waals surface area (Å²) in [5, 5.41) is 8.64. The summed E-state index contributed by atoms with van der Waals surface area (Å²) in [5.74, 6) is 0.522. The Morgan fingerprint density at radius 2 is 1.95 bits per heavy atom. The molecule has 0 radical (unpaired) electrons. The minimum atomic E-state index is -3.77. The van der Waals surface area contributed by atoms with Crippen molar-refractivity contribution in [1.29, 1.82) is 0 Å². The maximum absolute atomic E-state index is 11.2. The second-order valence-corrected chi connectivity index (χ2v) is 7.70. The second-order valence-electron chi connectivity index (χ2n) is 5.73. The maximum atomic E-state index is 11.2. The third-order valence-electron chi connectivity index (χ3n) is 4.08. The predicted octanol–water partition coefficient (Wildman–Crippen LogP) is 1.42. The highest BCUT2D eigenvalue weighted by atomic mass is 35.5. The van der Waals surface area contributed by atoms with Gasteiger partial charge in [-0.05, 0) is 31.7 Å². The number of sulfonamides is 1. The van der Waals surface area contributed by atoms with Gasteiger partial charge in [-0.3, -0.25) is 0 Å². The number of likely N-dealkylation sites (tertiary alicyclic amines) is 1. The number of rotatable bonds is 4. The van der Waals surface area contributed by atoms with Crippen molar-refractivity contribution in [2.75, 3.05) is 18.4 Å². The van der Waals surface area contributed by atoms with Crippen LogP contribution < -0.4 is 10.5 Å². The number of nitrogens with zero attached hydrogens (tertiary/aromatic N) is 2. The summed E-state index contributed by atoms with van der Waals surface area (Å²) in [6.45, 7) is 2.18. The van der Waals surface area contributed by atoms with Gasteiger partial charge in [0.25, 0.3) is 0 Å². The third-order valence-corrected chi connectivity index (χ3v) is 5.25. The normalized spacial score (nSPS) is 21.4. The Hall–Kier alpha value is -0.890. The van der Waals surface area contributed by atoms with E-state index in [1.54, 1.807) is 0 Å². The number of hydrogen-bond donors (Lipinski definition) is 2. The average molecular weight is 331 g/mol. The number of anilines is 1. The van der Waals surface area contributed by atoms with Gasteiger partial charge in [0.1, 0.15) is 10.7 Å². The smallest absolute Gasteiger partial charge is 0.239 e. The van der Waals surface area contributed by atoms with Gasteiger partial charge >= 0.3 is 0 Å². The van der Waals surface area contributed by atoms with Gasteiger partial charge in [0.15, 0.2) is 0 Å². The van der Waals surface area contributed by atoms with Crippen LogP contribution in [0.2, 0.25) is 5.02 Å². The number of aromatic nitrogens is 1. The lowest BCUT2D eigenvalue weighted by atomic mass is 10.0. The zero-order chi connectivity index (χ0) is 15.0. The fourth-order valence-electron chi connectivity index (χ4n) is 2.72. The molecule has 0 amide bonds. The van der Waals surface area contributed by atoms with Gasteiger partial charge in [0, 0.05) is 31.4 Å². The number of hydrogen-bond acceptors (Lipinski definition) is 5. The van der Waals surface area contributed by atoms with Gasteiger partial charge in [-0.15, -0.1) is 0 Å². The maximum Gasteiger partial charge on any atom is 0.239 e. The van der Waals surface area contributed by atoms with Crippen LogP contribution in [0.5, 0.6) is 0 Å². The molecule has 0 aromatic carbocycles. The molecule has 116 valence electrons. The lowest BCUT2D eigenvalue weighted by Crippen LogP contribution is -2.40. The van der Waals surface area contributed by atoms with Crippen LogP contribution in [-0.2, 0) is 10.0 Å². The van der Waals surface area contributed by atoms with E-state index in [0.717, 1.165) is 32.0 Å². The highest BCUT2D eigenvalue weighted by Gasteiger charge is 2.31. The van der Waals surface area contributed by atoms with Crippen LogP contribution in [0.25, 0.3) is 0 Å². The molecule has 1 aliphatic carbocycles. The first-order valence-electron chi connectivity index (χ1n) is 7.12. The van der Waals surface area contributed by atoms with Gasteiger partial charge in [-0.2, -0.15) is 0 Å². The molecule has 1 saturated heterocycles. The van der Waals surface area contributed by atoms with Crippen molar-refractivity contribution in [3.8, 4) is 0 Å². The van der Waals surface area contributed by atoms with E-state index in [-0.39, 0.29) is 9.92 Å². The van der Waals surface area contributed by atoms with Gasteiger partial charge < -0.3 is 10.2 Å². The molecule has 6 nitrogen and oxygen atoms in total. The predicted molar refractivity (Wildman–Crippen MR) is 81.9 cm³/mol. The summed E-state index contributed by atoms with van der Waals surface area (Å²) in [5.41, 5.74) is 0. The molecular weight excluding hydrogens is 312 g/mol. The van der Waals surface area contributed by atoms with Crippen molar-refractivity contribution >= 4 is 27.4 Å². The molecule has 1 aromatic rings. The molecule has 0 unspecified atom stereocenters. The van der Waals surface area contributed by atoms with Crippen LogP contribution in [0.4, 0.5) is 5.82 Å². The zero-order valence-corrected chi connectivity index (χ0v) is 13.2. The molecular formula is C13H19ClN4O2S. The Morgan fingerprint density at radius 3 is 2.48 bits per heavy atom. The minimum absolute atomic E-state index is 0.0680. The highest BCUT2D eigenvalue weighted by molar-refractivity contribution is 7.89. The van der Waals surface area contributed by atoms with Crippen LogP contribution >= 0.6 is 11.6 Å². The highest BCUT2D eigenvalue weighted by Crippen LogP contribution is 2.30. The van der Waals surface area contributed by atoms with Crippen LogP contribution in [-0.4, -0.2) is 43.5 Å². The lowest BCUT2D eigenvalue weighted by Gasteiger charge is -2.32. The first kappa shape index (κ1) is 15.0. The second kappa shape index (κ2) is 5.72. The van der Waals surface area contributed by atoms with Gasteiger partial charge in [0.2, 0.25) is 10.0 Å². The first-order chi connectivity index (χ1) is 9.93. The topological polar surface area (TPSA) is 88.3 Å². The van der Waals surface area contributed by atoms with E-state index in [0.29, 0.717) is 11.9 Å². The first-order valence-corrected chi connectivity index (χ1v) is 9.05. The Balaban J connectivity index is 1.63. The van der Waals surface area contributed by atoms with Crippen LogP contribution in [0.1, 0.15) is 25.7 Å². The van der Waals surface area contributed by atoms with E-state index in [2.05, 4.69) is 15.2 Å². The number of primary sulfonamides is 1. The average Bonchev–Trinajstić information content (AvgIpc) is 3.25. The molecule has 21 heavy (non-hydrogen) atoms. The van der Waals surface area contributed by atoms with Gasteiger partial charge in [0.05, 0.1) is 5.02 Å².